The molecule has 28 heavy (non-hydrogen) atoms. The van der Waals surface area contributed by atoms with Crippen molar-refractivity contribution < 1.29 is 39.2 Å². The smallest absolute Gasteiger partial charge is 0.406 e. The van der Waals surface area contributed by atoms with Gasteiger partial charge in [0.2, 0.25) is 0 Å². The SMILES string of the molecule is CC(OC(N)=O)(Sc1ccc(C(=O)O)cc1)c1ccc(C(=O)O)cc1C(=O)O. The summed E-state index contributed by atoms with van der Waals surface area (Å²) in [6.07, 6.45) is -1.17. The van der Waals surface area contributed by atoms with E-state index in [1.807, 2.05) is 0 Å². The van der Waals surface area contributed by atoms with Gasteiger partial charge in [-0.2, -0.15) is 0 Å². The van der Waals surface area contributed by atoms with Crippen LogP contribution in [0, 0.1) is 0 Å². The van der Waals surface area contributed by atoms with E-state index in [1.165, 1.54) is 43.3 Å². The summed E-state index contributed by atoms with van der Waals surface area (Å²) in [5, 5.41) is 27.5. The number of carboxylic acid groups (broad SMARTS) is 3. The molecular weight excluding hydrogens is 390 g/mol. The summed E-state index contributed by atoms with van der Waals surface area (Å²) in [5.41, 5.74) is 4.57. The van der Waals surface area contributed by atoms with Crippen molar-refractivity contribution in [3.8, 4) is 0 Å². The molecule has 0 bridgehead atoms. The number of benzene rings is 2. The first kappa shape index (κ1) is 20.8. The second-order valence-corrected chi connectivity index (χ2v) is 7.12. The molecule has 0 radical (unpaired) electrons. The zero-order valence-electron chi connectivity index (χ0n) is 14.4. The fourth-order valence-electron chi connectivity index (χ4n) is 2.46. The number of rotatable bonds is 7. The van der Waals surface area contributed by atoms with Crippen LogP contribution in [0.4, 0.5) is 4.79 Å². The third-order valence-corrected chi connectivity index (χ3v) is 4.90. The first-order chi connectivity index (χ1) is 13.0. The molecule has 0 saturated carbocycles. The van der Waals surface area contributed by atoms with Crippen LogP contribution in [0.1, 0.15) is 43.6 Å². The fraction of sp³-hybridized carbons (Fsp3) is 0.111. The average Bonchev–Trinajstić information content (AvgIpc) is 2.60. The summed E-state index contributed by atoms with van der Waals surface area (Å²) in [7, 11) is 0. The molecule has 10 heteroatoms. The van der Waals surface area contributed by atoms with Gasteiger partial charge in [0.05, 0.1) is 16.7 Å². The summed E-state index contributed by atoms with van der Waals surface area (Å²) in [4.78, 5) is 44.1. The molecule has 0 spiro atoms. The standard InChI is InChI=1S/C18H15NO8S/c1-18(27-17(19)26,28-11-5-2-9(3-6-11)14(20)21)13-7-4-10(15(22)23)8-12(13)16(24)25/h2-8H,1H3,(H2,19,26)(H,20,21)(H,22,23)(H,24,25). The first-order valence-corrected chi connectivity index (χ1v) is 8.47. The topological polar surface area (TPSA) is 164 Å². The van der Waals surface area contributed by atoms with Crippen LogP contribution in [0.15, 0.2) is 47.4 Å². The minimum absolute atomic E-state index is 0.0103. The Kier molecular flexibility index (Phi) is 5.94. The Balaban J connectivity index is 2.55. The van der Waals surface area contributed by atoms with Crippen molar-refractivity contribution in [3.63, 3.8) is 0 Å². The summed E-state index contributed by atoms with van der Waals surface area (Å²) >= 11 is 0.912. The molecule has 0 fully saturated rings. The van der Waals surface area contributed by atoms with Gasteiger partial charge in [0.15, 0.2) is 4.93 Å². The second-order valence-electron chi connectivity index (χ2n) is 5.67. The molecule has 5 N–H and O–H groups in total. The summed E-state index contributed by atoms with van der Waals surface area (Å²) in [6.45, 7) is 1.40. The fourth-order valence-corrected chi connectivity index (χ4v) is 3.60. The van der Waals surface area contributed by atoms with Crippen LogP contribution < -0.4 is 5.73 Å². The average molecular weight is 405 g/mol. The van der Waals surface area contributed by atoms with Gasteiger partial charge < -0.3 is 25.8 Å². The van der Waals surface area contributed by atoms with Gasteiger partial charge in [0.1, 0.15) is 0 Å². The number of hydrogen-bond donors (Lipinski definition) is 4. The predicted molar refractivity (Wildman–Crippen MR) is 97.6 cm³/mol. The number of thioether (sulfide) groups is 1. The quantitative estimate of drug-likeness (QED) is 0.400. The van der Waals surface area contributed by atoms with Crippen molar-refractivity contribution >= 4 is 35.8 Å². The number of carbonyl (C=O) groups is 4. The molecule has 2 aromatic rings. The highest BCUT2D eigenvalue weighted by Crippen LogP contribution is 2.44. The van der Waals surface area contributed by atoms with Crippen molar-refractivity contribution in [2.75, 3.05) is 0 Å². The van der Waals surface area contributed by atoms with Crippen LogP contribution in [-0.2, 0) is 9.67 Å². The van der Waals surface area contributed by atoms with Gasteiger partial charge in [0.25, 0.3) is 0 Å². The lowest BCUT2D eigenvalue weighted by atomic mass is 9.99. The number of ether oxygens (including phenoxy) is 1. The first-order valence-electron chi connectivity index (χ1n) is 7.65. The van der Waals surface area contributed by atoms with Crippen LogP contribution in [0.3, 0.4) is 0 Å². The number of primary amides is 1. The van der Waals surface area contributed by atoms with Crippen LogP contribution in [0.5, 0.6) is 0 Å². The maximum Gasteiger partial charge on any atom is 0.406 e. The minimum atomic E-state index is -1.62. The van der Waals surface area contributed by atoms with E-state index in [0.29, 0.717) is 4.90 Å². The highest BCUT2D eigenvalue weighted by molar-refractivity contribution is 8.00. The van der Waals surface area contributed by atoms with Crippen molar-refractivity contribution in [1.82, 2.24) is 0 Å². The Labute approximate surface area is 162 Å². The maximum atomic E-state index is 11.7. The number of hydrogen-bond acceptors (Lipinski definition) is 6. The van der Waals surface area contributed by atoms with E-state index in [1.54, 1.807) is 0 Å². The second kappa shape index (κ2) is 8.01. The number of carbonyl (C=O) groups excluding carboxylic acids is 1. The van der Waals surface area contributed by atoms with Gasteiger partial charge in [-0.05, 0) is 43.3 Å². The molecule has 0 aliphatic rings. The lowest BCUT2D eigenvalue weighted by Gasteiger charge is -2.30. The van der Waals surface area contributed by atoms with Crippen LogP contribution in [0.25, 0.3) is 0 Å². The minimum Gasteiger partial charge on any atom is -0.478 e. The Morgan fingerprint density at radius 1 is 0.893 bits per heavy atom. The van der Waals surface area contributed by atoms with Crippen molar-refractivity contribution in [2.24, 2.45) is 5.73 Å². The lowest BCUT2D eigenvalue weighted by molar-refractivity contribution is 0.0668. The van der Waals surface area contributed by atoms with Crippen LogP contribution >= 0.6 is 11.8 Å². The zero-order chi connectivity index (χ0) is 21.1. The van der Waals surface area contributed by atoms with Gasteiger partial charge in [0, 0.05) is 10.5 Å². The molecule has 0 aliphatic carbocycles. The largest absolute Gasteiger partial charge is 0.478 e. The number of nitrogens with two attached hydrogens (primary N) is 1. The van der Waals surface area contributed by atoms with E-state index in [0.717, 1.165) is 17.8 Å². The van der Waals surface area contributed by atoms with Gasteiger partial charge in [-0.1, -0.05) is 17.8 Å². The Bertz CT molecular complexity index is 957. The molecule has 0 heterocycles. The molecule has 2 aromatic carbocycles. The van der Waals surface area contributed by atoms with Crippen LogP contribution in [-0.4, -0.2) is 39.3 Å². The molecule has 1 unspecified atom stereocenters. The third kappa shape index (κ3) is 4.60. The summed E-state index contributed by atoms with van der Waals surface area (Å²) in [6, 6.07) is 8.96. The van der Waals surface area contributed by atoms with E-state index in [9.17, 15) is 24.3 Å². The number of aromatic carboxylic acids is 3. The van der Waals surface area contributed by atoms with E-state index in [2.05, 4.69) is 0 Å². The lowest BCUT2D eigenvalue weighted by Crippen LogP contribution is -2.31. The van der Waals surface area contributed by atoms with Gasteiger partial charge in [-0.15, -0.1) is 0 Å². The molecule has 9 nitrogen and oxygen atoms in total. The Morgan fingerprint density at radius 3 is 1.89 bits per heavy atom. The Morgan fingerprint density at radius 2 is 1.43 bits per heavy atom. The molecular formula is C18H15NO8S. The Hall–Kier alpha value is -3.53. The molecule has 2 rings (SSSR count). The van der Waals surface area contributed by atoms with Crippen molar-refractivity contribution in [2.45, 2.75) is 16.8 Å². The molecule has 0 aliphatic heterocycles. The molecule has 1 amide bonds. The van der Waals surface area contributed by atoms with E-state index in [-0.39, 0.29) is 22.3 Å². The van der Waals surface area contributed by atoms with Crippen LogP contribution in [0.2, 0.25) is 0 Å². The normalized spacial score (nSPS) is 12.6. The van der Waals surface area contributed by atoms with Gasteiger partial charge in [-0.3, -0.25) is 0 Å². The van der Waals surface area contributed by atoms with E-state index >= 15 is 0 Å². The number of carboxylic acids is 3. The van der Waals surface area contributed by atoms with Gasteiger partial charge in [-0.25, -0.2) is 19.2 Å². The van der Waals surface area contributed by atoms with E-state index < -0.39 is 28.9 Å². The predicted octanol–water partition coefficient (Wildman–Crippen LogP) is 2.84. The zero-order valence-corrected chi connectivity index (χ0v) is 15.2. The molecule has 146 valence electrons. The summed E-state index contributed by atoms with van der Waals surface area (Å²) < 4.78 is 5.17. The van der Waals surface area contributed by atoms with Crippen molar-refractivity contribution in [1.29, 1.82) is 0 Å². The monoisotopic (exact) mass is 405 g/mol. The molecule has 1 atom stereocenters. The molecule has 0 saturated heterocycles. The van der Waals surface area contributed by atoms with Gasteiger partial charge >= 0.3 is 24.0 Å². The molecule has 0 aromatic heterocycles. The maximum absolute atomic E-state index is 11.7. The highest BCUT2D eigenvalue weighted by atomic mass is 32.2. The highest BCUT2D eigenvalue weighted by Gasteiger charge is 2.36. The number of amides is 1. The summed E-state index contributed by atoms with van der Waals surface area (Å²) in [5.74, 6) is -3.85. The third-order valence-electron chi connectivity index (χ3n) is 3.70. The van der Waals surface area contributed by atoms with Crippen molar-refractivity contribution in [3.05, 3.63) is 64.7 Å². The van der Waals surface area contributed by atoms with E-state index in [4.69, 9.17) is 20.7 Å².